The largest absolute Gasteiger partial charge is 0.597 e. The van der Waals surface area contributed by atoms with E-state index in [1.807, 2.05) is 60.5 Å². The molecular formula is C15H20N4O3. The van der Waals surface area contributed by atoms with Gasteiger partial charge in [-0.25, -0.2) is 0 Å². The van der Waals surface area contributed by atoms with Gasteiger partial charge in [-0.3, -0.25) is 0 Å². The molecular weight excluding hydrogens is 284 g/mol. The zero-order valence-corrected chi connectivity index (χ0v) is 12.6. The number of ether oxygens (including phenoxy) is 1. The van der Waals surface area contributed by atoms with E-state index in [1.165, 1.54) is 0 Å². The van der Waals surface area contributed by atoms with Crippen LogP contribution in [0, 0.1) is 5.21 Å². The van der Waals surface area contributed by atoms with Crippen molar-refractivity contribution in [3.63, 3.8) is 0 Å². The molecule has 0 fully saturated rings. The average molecular weight is 304 g/mol. The fourth-order valence-electron chi connectivity index (χ4n) is 1.97. The van der Waals surface area contributed by atoms with Gasteiger partial charge < -0.3 is 26.2 Å². The summed E-state index contributed by atoms with van der Waals surface area (Å²) in [6.07, 6.45) is 0. The van der Waals surface area contributed by atoms with Gasteiger partial charge in [0.05, 0.1) is 7.11 Å². The third-order valence-corrected chi connectivity index (χ3v) is 3.20. The highest BCUT2D eigenvalue weighted by Crippen LogP contribution is 2.25. The molecule has 0 aromatic heterocycles. The summed E-state index contributed by atoms with van der Waals surface area (Å²) in [5.74, 6) is 0.811. The Kier molecular flexibility index (Phi) is 6.15. The minimum absolute atomic E-state index is 0. The van der Waals surface area contributed by atoms with E-state index in [2.05, 4.69) is 5.28 Å². The maximum atomic E-state index is 11.0. The number of anilines is 2. The fraction of sp³-hybridized carbons (Fsp3) is 0.200. The fourth-order valence-corrected chi connectivity index (χ4v) is 1.97. The molecule has 0 aliphatic carbocycles. The molecule has 2 aromatic carbocycles. The molecule has 4 N–H and O–H groups in total. The van der Waals surface area contributed by atoms with Crippen molar-refractivity contribution in [2.24, 2.45) is 5.28 Å². The van der Waals surface area contributed by atoms with Crippen molar-refractivity contribution in [3.05, 3.63) is 59.3 Å². The Labute approximate surface area is 129 Å². The van der Waals surface area contributed by atoms with E-state index in [0.29, 0.717) is 0 Å². The Morgan fingerprint density at radius 3 is 2.05 bits per heavy atom. The van der Waals surface area contributed by atoms with Gasteiger partial charge in [0, 0.05) is 24.0 Å². The lowest BCUT2D eigenvalue weighted by Crippen LogP contribution is -2.09. The van der Waals surface area contributed by atoms with Crippen molar-refractivity contribution in [3.8, 4) is 5.75 Å². The second-order valence-electron chi connectivity index (χ2n) is 4.52. The van der Waals surface area contributed by atoms with E-state index < -0.39 is 0 Å². The number of nitrogens with zero attached hydrogens (tertiary/aromatic N) is 3. The van der Waals surface area contributed by atoms with Crippen LogP contribution >= 0.6 is 0 Å². The third-order valence-electron chi connectivity index (χ3n) is 3.20. The Morgan fingerprint density at radius 2 is 1.59 bits per heavy atom. The van der Waals surface area contributed by atoms with E-state index >= 15 is 0 Å². The van der Waals surface area contributed by atoms with Crippen LogP contribution in [0.25, 0.3) is 0 Å². The lowest BCUT2D eigenvalue weighted by molar-refractivity contribution is -0.570. The van der Waals surface area contributed by atoms with Crippen LogP contribution in [0.4, 0.5) is 11.4 Å². The molecule has 0 aliphatic heterocycles. The van der Waals surface area contributed by atoms with E-state index in [4.69, 9.17) is 9.94 Å². The second-order valence-corrected chi connectivity index (χ2v) is 4.52. The first-order valence-corrected chi connectivity index (χ1v) is 6.40. The summed E-state index contributed by atoms with van der Waals surface area (Å²) in [5, 5.41) is 21.9. The van der Waals surface area contributed by atoms with Gasteiger partial charge in [0.1, 0.15) is 5.75 Å². The predicted octanol–water partition coefficient (Wildman–Crippen LogP) is 3.48. The van der Waals surface area contributed by atoms with Gasteiger partial charge in [0.15, 0.2) is 5.28 Å². The molecule has 0 saturated carbocycles. The molecule has 0 saturated heterocycles. The molecule has 0 bridgehead atoms. The highest BCUT2D eigenvalue weighted by molar-refractivity contribution is 5.63. The summed E-state index contributed by atoms with van der Waals surface area (Å²) < 4.78 is 5.14. The van der Waals surface area contributed by atoms with Gasteiger partial charge in [0.2, 0.25) is 6.54 Å². The summed E-state index contributed by atoms with van der Waals surface area (Å²) in [5.41, 5.74) is 2.79. The highest BCUT2D eigenvalue weighted by atomic mass is 16.6. The summed E-state index contributed by atoms with van der Waals surface area (Å²) >= 11 is 0. The lowest BCUT2D eigenvalue weighted by Gasteiger charge is -2.20. The normalized spacial score (nSPS) is 10.7. The second kappa shape index (κ2) is 7.84. The molecule has 0 unspecified atom stereocenters. The van der Waals surface area contributed by atoms with Crippen molar-refractivity contribution >= 4 is 11.4 Å². The molecule has 0 heterocycles. The minimum Gasteiger partial charge on any atom is -0.597 e. The first kappa shape index (κ1) is 17.3. The standard InChI is InChI=1S/C15H17N3O3.H3N/c1-17(14-7-9-15(21-2)10-8-14)13-5-3-12(4-6-13)11-18(20)16-19;/h3-10,19H,11H2,1-2H3;1H3. The third kappa shape index (κ3) is 4.10. The number of hydrogen-bond acceptors (Lipinski definition) is 5. The van der Waals surface area contributed by atoms with Crippen LogP contribution in [0.2, 0.25) is 0 Å². The molecule has 2 aromatic rings. The molecule has 118 valence electrons. The first-order valence-electron chi connectivity index (χ1n) is 6.40. The van der Waals surface area contributed by atoms with Crippen molar-refractivity contribution in [1.29, 1.82) is 0 Å². The summed E-state index contributed by atoms with van der Waals surface area (Å²) in [6, 6.07) is 15.2. The number of methoxy groups -OCH3 is 1. The van der Waals surface area contributed by atoms with Gasteiger partial charge in [0.25, 0.3) is 0 Å². The molecule has 22 heavy (non-hydrogen) atoms. The first-order chi connectivity index (χ1) is 10.1. The van der Waals surface area contributed by atoms with E-state index in [0.717, 1.165) is 22.7 Å². The maximum absolute atomic E-state index is 11.0. The van der Waals surface area contributed by atoms with E-state index in [1.54, 1.807) is 7.11 Å². The molecule has 0 aliphatic rings. The zero-order valence-electron chi connectivity index (χ0n) is 12.6. The molecule has 7 nitrogen and oxygen atoms in total. The summed E-state index contributed by atoms with van der Waals surface area (Å²) in [7, 11) is 3.59. The Balaban J connectivity index is 0.00000242. The van der Waals surface area contributed by atoms with Crippen LogP contribution in [0.5, 0.6) is 5.75 Å². The number of hydroxylamine groups is 1. The van der Waals surface area contributed by atoms with Gasteiger partial charge in [-0.05, 0) is 36.4 Å². The molecule has 0 amide bonds. The van der Waals surface area contributed by atoms with E-state index in [-0.39, 0.29) is 17.6 Å². The molecule has 7 heteroatoms. The molecule has 2 rings (SSSR count). The predicted molar refractivity (Wildman–Crippen MR) is 84.1 cm³/mol. The van der Waals surface area contributed by atoms with Crippen LogP contribution in [-0.2, 0) is 6.54 Å². The summed E-state index contributed by atoms with van der Waals surface area (Å²) in [6.45, 7) is 0.0169. The maximum Gasteiger partial charge on any atom is 0.209 e. The highest BCUT2D eigenvalue weighted by Gasteiger charge is 2.06. The minimum atomic E-state index is 0. The van der Waals surface area contributed by atoms with Crippen LogP contribution in [0.1, 0.15) is 5.56 Å². The smallest absolute Gasteiger partial charge is 0.209 e. The molecule has 0 atom stereocenters. The van der Waals surface area contributed by atoms with Gasteiger partial charge in [-0.2, -0.15) is 0 Å². The van der Waals surface area contributed by atoms with Gasteiger partial charge in [-0.1, -0.05) is 17.0 Å². The topological polar surface area (TPSA) is 106 Å². The van der Waals surface area contributed by atoms with Gasteiger partial charge >= 0.3 is 0 Å². The zero-order chi connectivity index (χ0) is 15.2. The van der Waals surface area contributed by atoms with E-state index in [9.17, 15) is 5.21 Å². The monoisotopic (exact) mass is 304 g/mol. The summed E-state index contributed by atoms with van der Waals surface area (Å²) in [4.78, 5) is 2.25. The van der Waals surface area contributed by atoms with Crippen molar-refractivity contribution < 1.29 is 14.8 Å². The Morgan fingerprint density at radius 1 is 1.09 bits per heavy atom. The van der Waals surface area contributed by atoms with Gasteiger partial charge in [-0.15, -0.1) is 0 Å². The molecule has 0 spiro atoms. The van der Waals surface area contributed by atoms with Crippen LogP contribution in [0.3, 0.4) is 0 Å². The van der Waals surface area contributed by atoms with Crippen LogP contribution in [-0.4, -0.2) is 24.2 Å². The number of hydrogen-bond donors (Lipinski definition) is 2. The van der Waals surface area contributed by atoms with Crippen molar-refractivity contribution in [2.45, 2.75) is 6.54 Å². The number of rotatable bonds is 5. The molecule has 0 radical (unpaired) electrons. The average Bonchev–Trinajstić information content (AvgIpc) is 2.55. The quantitative estimate of drug-likeness (QED) is 0.499. The van der Waals surface area contributed by atoms with Crippen molar-refractivity contribution in [2.75, 3.05) is 19.1 Å². The lowest BCUT2D eigenvalue weighted by atomic mass is 10.2. The SMILES string of the molecule is COc1ccc(N(C)c2ccc(C[N+]([O-])=NO)cc2)cc1.N. The van der Waals surface area contributed by atoms with Crippen LogP contribution in [0.15, 0.2) is 53.8 Å². The Bertz CT molecular complexity index is 612. The van der Waals surface area contributed by atoms with Crippen molar-refractivity contribution in [1.82, 2.24) is 6.15 Å². The van der Waals surface area contributed by atoms with Crippen LogP contribution < -0.4 is 15.8 Å². The Hall–Kier alpha value is -2.80. The number of benzene rings is 2.